The molecular formula is C12H13N3O. The van der Waals surface area contributed by atoms with Gasteiger partial charge in [-0.2, -0.15) is 0 Å². The minimum Gasteiger partial charge on any atom is -0.399 e. The van der Waals surface area contributed by atoms with Gasteiger partial charge in [0.25, 0.3) is 5.56 Å². The summed E-state index contributed by atoms with van der Waals surface area (Å²) in [5, 5.41) is 0. The molecule has 1 aromatic carbocycles. The summed E-state index contributed by atoms with van der Waals surface area (Å²) < 4.78 is 1.59. The van der Waals surface area contributed by atoms with Crippen LogP contribution in [0.3, 0.4) is 0 Å². The molecular weight excluding hydrogens is 202 g/mol. The zero-order valence-corrected chi connectivity index (χ0v) is 8.84. The van der Waals surface area contributed by atoms with Gasteiger partial charge in [-0.05, 0) is 24.1 Å². The highest BCUT2D eigenvalue weighted by atomic mass is 16.1. The topological polar surface area (TPSA) is 60.9 Å². The third-order valence-electron chi connectivity index (χ3n) is 2.41. The number of anilines is 1. The van der Waals surface area contributed by atoms with E-state index < -0.39 is 0 Å². The van der Waals surface area contributed by atoms with Gasteiger partial charge in [0, 0.05) is 24.5 Å². The van der Waals surface area contributed by atoms with Crippen LogP contribution in [0.2, 0.25) is 0 Å². The summed E-state index contributed by atoms with van der Waals surface area (Å²) in [5.74, 6) is 0. The number of nitrogen functional groups attached to an aromatic ring is 1. The first-order valence-electron chi connectivity index (χ1n) is 5.10. The molecule has 0 aliphatic heterocycles. The number of nitrogens with two attached hydrogens (primary N) is 1. The number of aromatic nitrogens is 2. The monoisotopic (exact) mass is 215 g/mol. The van der Waals surface area contributed by atoms with Crippen LogP contribution in [0.4, 0.5) is 5.69 Å². The highest BCUT2D eigenvalue weighted by Crippen LogP contribution is 2.06. The first-order chi connectivity index (χ1) is 7.75. The lowest BCUT2D eigenvalue weighted by molar-refractivity contribution is 0.654. The Bertz CT molecular complexity index is 516. The fourth-order valence-corrected chi connectivity index (χ4v) is 1.48. The lowest BCUT2D eigenvalue weighted by Gasteiger charge is -2.04. The summed E-state index contributed by atoms with van der Waals surface area (Å²) in [6, 6.07) is 9.12. The van der Waals surface area contributed by atoms with Crippen LogP contribution in [0.1, 0.15) is 5.56 Å². The smallest absolute Gasteiger partial charge is 0.253 e. The molecule has 0 aliphatic rings. The number of rotatable bonds is 3. The number of benzene rings is 1. The Kier molecular flexibility index (Phi) is 3.00. The lowest BCUT2D eigenvalue weighted by atomic mass is 10.1. The van der Waals surface area contributed by atoms with Gasteiger partial charge in [0.15, 0.2) is 0 Å². The van der Waals surface area contributed by atoms with Gasteiger partial charge in [0.2, 0.25) is 0 Å². The Morgan fingerprint density at radius 2 is 1.94 bits per heavy atom. The van der Waals surface area contributed by atoms with Crippen LogP contribution in [0, 0.1) is 0 Å². The minimum atomic E-state index is -0.0227. The molecule has 0 atom stereocenters. The summed E-state index contributed by atoms with van der Waals surface area (Å²) in [4.78, 5) is 15.3. The van der Waals surface area contributed by atoms with Crippen molar-refractivity contribution in [2.45, 2.75) is 13.0 Å². The zero-order chi connectivity index (χ0) is 11.4. The number of hydrogen-bond donors (Lipinski definition) is 1. The lowest BCUT2D eigenvalue weighted by Crippen LogP contribution is -2.19. The molecule has 0 aliphatic carbocycles. The first-order valence-corrected chi connectivity index (χ1v) is 5.10. The van der Waals surface area contributed by atoms with Gasteiger partial charge in [-0.25, -0.2) is 4.98 Å². The molecule has 4 nitrogen and oxygen atoms in total. The molecule has 1 aromatic heterocycles. The largest absolute Gasteiger partial charge is 0.399 e. The maximum Gasteiger partial charge on any atom is 0.253 e. The van der Waals surface area contributed by atoms with Crippen LogP contribution in [0.15, 0.2) is 47.7 Å². The van der Waals surface area contributed by atoms with E-state index in [2.05, 4.69) is 4.98 Å². The Morgan fingerprint density at radius 3 is 2.62 bits per heavy atom. The number of hydrogen-bond acceptors (Lipinski definition) is 3. The second-order valence-corrected chi connectivity index (χ2v) is 3.60. The highest BCUT2D eigenvalue weighted by Gasteiger charge is 1.96. The van der Waals surface area contributed by atoms with Crippen molar-refractivity contribution in [2.24, 2.45) is 0 Å². The van der Waals surface area contributed by atoms with Gasteiger partial charge < -0.3 is 5.73 Å². The maximum absolute atomic E-state index is 11.4. The summed E-state index contributed by atoms with van der Waals surface area (Å²) in [6.07, 6.45) is 3.85. The summed E-state index contributed by atoms with van der Waals surface area (Å²) in [7, 11) is 0. The van der Waals surface area contributed by atoms with Crippen molar-refractivity contribution in [3.8, 4) is 0 Å². The summed E-state index contributed by atoms with van der Waals surface area (Å²) >= 11 is 0. The Hall–Kier alpha value is -2.10. The molecule has 0 amide bonds. The molecule has 82 valence electrons. The second kappa shape index (κ2) is 4.61. The predicted molar refractivity (Wildman–Crippen MR) is 63.1 cm³/mol. The molecule has 16 heavy (non-hydrogen) atoms. The fourth-order valence-electron chi connectivity index (χ4n) is 1.48. The second-order valence-electron chi connectivity index (χ2n) is 3.60. The van der Waals surface area contributed by atoms with E-state index in [9.17, 15) is 4.79 Å². The van der Waals surface area contributed by atoms with Crippen molar-refractivity contribution in [3.05, 3.63) is 58.8 Å². The quantitative estimate of drug-likeness (QED) is 0.779. The molecule has 2 N–H and O–H groups in total. The normalized spacial score (nSPS) is 10.2. The van der Waals surface area contributed by atoms with E-state index >= 15 is 0 Å². The van der Waals surface area contributed by atoms with Gasteiger partial charge >= 0.3 is 0 Å². The van der Waals surface area contributed by atoms with Crippen LogP contribution in [-0.2, 0) is 13.0 Å². The predicted octanol–water partition coefficient (Wildman–Crippen LogP) is 1.07. The average molecular weight is 215 g/mol. The molecule has 0 saturated carbocycles. The van der Waals surface area contributed by atoms with E-state index in [1.807, 2.05) is 24.3 Å². The Morgan fingerprint density at radius 1 is 1.19 bits per heavy atom. The van der Waals surface area contributed by atoms with Gasteiger partial charge in [-0.3, -0.25) is 9.36 Å². The van der Waals surface area contributed by atoms with Crippen LogP contribution in [-0.4, -0.2) is 9.55 Å². The molecule has 2 aromatic rings. The molecule has 0 fully saturated rings. The van der Waals surface area contributed by atoms with Crippen LogP contribution in [0.5, 0.6) is 0 Å². The van der Waals surface area contributed by atoms with E-state index in [1.165, 1.54) is 12.3 Å². The maximum atomic E-state index is 11.4. The van der Waals surface area contributed by atoms with Crippen molar-refractivity contribution in [3.63, 3.8) is 0 Å². The third kappa shape index (κ3) is 2.48. The average Bonchev–Trinajstić information content (AvgIpc) is 2.30. The van der Waals surface area contributed by atoms with E-state index in [4.69, 9.17) is 5.73 Å². The highest BCUT2D eigenvalue weighted by molar-refractivity contribution is 5.39. The van der Waals surface area contributed by atoms with E-state index in [0.29, 0.717) is 6.54 Å². The molecule has 0 radical (unpaired) electrons. The third-order valence-corrected chi connectivity index (χ3v) is 2.41. The SMILES string of the molecule is Nc1ccc(CCn2cnccc2=O)cc1. The first kappa shape index (κ1) is 10.4. The fraction of sp³-hybridized carbons (Fsp3) is 0.167. The van der Waals surface area contributed by atoms with Gasteiger partial charge in [-0.15, -0.1) is 0 Å². The molecule has 1 heterocycles. The Labute approximate surface area is 93.4 Å². The number of aryl methyl sites for hydroxylation is 2. The molecule has 2 rings (SSSR count). The van der Waals surface area contributed by atoms with Crippen molar-refractivity contribution in [1.29, 1.82) is 0 Å². The van der Waals surface area contributed by atoms with E-state index in [0.717, 1.165) is 17.7 Å². The van der Waals surface area contributed by atoms with Crippen LogP contribution >= 0.6 is 0 Å². The molecule has 0 saturated heterocycles. The van der Waals surface area contributed by atoms with E-state index in [1.54, 1.807) is 10.9 Å². The van der Waals surface area contributed by atoms with Crippen molar-refractivity contribution in [2.75, 3.05) is 5.73 Å². The Balaban J connectivity index is 2.05. The van der Waals surface area contributed by atoms with Crippen LogP contribution in [0.25, 0.3) is 0 Å². The van der Waals surface area contributed by atoms with Crippen molar-refractivity contribution in [1.82, 2.24) is 9.55 Å². The standard InChI is InChI=1S/C12H13N3O/c13-11-3-1-10(2-4-11)6-8-15-9-14-7-5-12(15)16/h1-5,7,9H,6,8,13H2. The molecule has 4 heteroatoms. The van der Waals surface area contributed by atoms with Gasteiger partial charge in [0.05, 0.1) is 6.33 Å². The summed E-state index contributed by atoms with van der Waals surface area (Å²) in [5.41, 5.74) is 7.48. The number of nitrogens with zero attached hydrogens (tertiary/aromatic N) is 2. The summed E-state index contributed by atoms with van der Waals surface area (Å²) in [6.45, 7) is 0.636. The molecule has 0 bridgehead atoms. The van der Waals surface area contributed by atoms with Gasteiger partial charge in [-0.1, -0.05) is 12.1 Å². The van der Waals surface area contributed by atoms with E-state index in [-0.39, 0.29) is 5.56 Å². The van der Waals surface area contributed by atoms with Crippen LogP contribution < -0.4 is 11.3 Å². The molecule has 0 unspecified atom stereocenters. The minimum absolute atomic E-state index is 0.0227. The van der Waals surface area contributed by atoms with Crippen molar-refractivity contribution < 1.29 is 0 Å². The zero-order valence-electron chi connectivity index (χ0n) is 8.84. The van der Waals surface area contributed by atoms with Crippen molar-refractivity contribution >= 4 is 5.69 Å². The molecule has 0 spiro atoms. The van der Waals surface area contributed by atoms with Gasteiger partial charge in [0.1, 0.15) is 0 Å².